The Bertz CT molecular complexity index is 532. The van der Waals surface area contributed by atoms with Gasteiger partial charge in [-0.3, -0.25) is 11.7 Å². The lowest BCUT2D eigenvalue weighted by atomic mass is 9.53. The van der Waals surface area contributed by atoms with Gasteiger partial charge in [-0.1, -0.05) is 82.6 Å². The summed E-state index contributed by atoms with van der Waals surface area (Å²) < 4.78 is 0. The van der Waals surface area contributed by atoms with Gasteiger partial charge in [-0.25, -0.2) is 0 Å². The summed E-state index contributed by atoms with van der Waals surface area (Å²) in [6.07, 6.45) is 9.22. The van der Waals surface area contributed by atoms with Crippen LogP contribution in [0.5, 0.6) is 0 Å². The van der Waals surface area contributed by atoms with Crippen LogP contribution in [0.25, 0.3) is 0 Å². The molecule has 10 N–H and O–H groups in total. The van der Waals surface area contributed by atoms with Crippen LogP contribution in [0.2, 0.25) is 0 Å². The second-order valence-electron chi connectivity index (χ2n) is 16.1. The van der Waals surface area contributed by atoms with Crippen LogP contribution >= 0.6 is 0 Å². The summed E-state index contributed by atoms with van der Waals surface area (Å²) in [7, 11) is 0. The zero-order chi connectivity index (χ0) is 29.9. The quantitative estimate of drug-likeness (QED) is 0.114. The van der Waals surface area contributed by atoms with Crippen LogP contribution in [0.1, 0.15) is 155 Å². The molecule has 0 saturated heterocycles. The summed E-state index contributed by atoms with van der Waals surface area (Å²) in [4.78, 5) is 0. The Balaban J connectivity index is -0.00000258. The van der Waals surface area contributed by atoms with Crippen LogP contribution in [0.4, 0.5) is 0 Å². The molecule has 0 fully saturated rings. The SMILES string of the molecule is CC.CCCC(C)(C)CC(CC(C)(C)CN)(CC(C)(C)CC(C)(C)N)CC(C)(C)CC(C)(C)N.NN. The first-order valence-corrected chi connectivity index (χ1v) is 14.5. The highest BCUT2D eigenvalue weighted by Gasteiger charge is 2.47. The molecule has 0 radical (unpaired) electrons. The first-order chi connectivity index (χ1) is 15.9. The molecule has 0 aliphatic heterocycles. The van der Waals surface area contributed by atoms with E-state index in [9.17, 15) is 0 Å². The van der Waals surface area contributed by atoms with Crippen LogP contribution in [0.15, 0.2) is 0 Å². The molecule has 0 aromatic carbocycles. The predicted molar refractivity (Wildman–Crippen MR) is 165 cm³/mol. The third-order valence-electron chi connectivity index (χ3n) is 6.76. The van der Waals surface area contributed by atoms with Crippen LogP contribution in [-0.2, 0) is 0 Å². The van der Waals surface area contributed by atoms with E-state index in [-0.39, 0.29) is 32.7 Å². The highest BCUT2D eigenvalue weighted by molar-refractivity contribution is 4.99. The predicted octanol–water partition coefficient (Wildman–Crippen LogP) is 7.50. The molecule has 0 amide bonds. The van der Waals surface area contributed by atoms with Gasteiger partial charge in [-0.2, -0.15) is 0 Å². The van der Waals surface area contributed by atoms with Crippen molar-refractivity contribution < 1.29 is 0 Å². The third kappa shape index (κ3) is 19.9. The summed E-state index contributed by atoms with van der Waals surface area (Å²) in [6.45, 7) is 35.1. The highest BCUT2D eigenvalue weighted by atomic mass is 15.0. The van der Waals surface area contributed by atoms with Gasteiger partial charge in [0.2, 0.25) is 0 Å². The Hall–Kier alpha value is -0.200. The van der Waals surface area contributed by atoms with E-state index in [1.54, 1.807) is 0 Å². The second-order valence-corrected chi connectivity index (χ2v) is 16.1. The number of nitrogens with two attached hydrogens (primary N) is 5. The monoisotopic (exact) mass is 516 g/mol. The van der Waals surface area contributed by atoms with E-state index in [4.69, 9.17) is 17.2 Å². The zero-order valence-electron chi connectivity index (χ0n) is 27.8. The van der Waals surface area contributed by atoms with E-state index in [0.29, 0.717) is 12.0 Å². The summed E-state index contributed by atoms with van der Waals surface area (Å²) in [5.74, 6) is 8.00. The van der Waals surface area contributed by atoms with E-state index in [1.807, 2.05) is 13.8 Å². The maximum atomic E-state index is 6.54. The molecule has 0 bridgehead atoms. The molecule has 0 saturated carbocycles. The zero-order valence-corrected chi connectivity index (χ0v) is 27.8. The van der Waals surface area contributed by atoms with Gasteiger partial charge in [0.05, 0.1) is 0 Å². The maximum Gasteiger partial charge on any atom is 0.0102 e. The number of hydrazine groups is 1. The fraction of sp³-hybridized carbons (Fsp3) is 1.00. The van der Waals surface area contributed by atoms with Crippen molar-refractivity contribution in [1.29, 1.82) is 0 Å². The Morgan fingerprint density at radius 1 is 0.472 bits per heavy atom. The smallest absolute Gasteiger partial charge is 0.0102 e. The highest BCUT2D eigenvalue weighted by Crippen LogP contribution is 2.56. The van der Waals surface area contributed by atoms with Crippen molar-refractivity contribution in [2.75, 3.05) is 6.54 Å². The number of hydrogen-bond acceptors (Lipinski definition) is 5. The number of hydrogen-bond donors (Lipinski definition) is 5. The lowest BCUT2D eigenvalue weighted by molar-refractivity contribution is -0.00714. The van der Waals surface area contributed by atoms with Gasteiger partial charge in [0, 0.05) is 11.1 Å². The van der Waals surface area contributed by atoms with E-state index in [2.05, 4.69) is 102 Å². The van der Waals surface area contributed by atoms with Gasteiger partial charge in [-0.05, 0) is 106 Å². The van der Waals surface area contributed by atoms with Crippen LogP contribution in [0, 0.1) is 27.1 Å². The third-order valence-corrected chi connectivity index (χ3v) is 6.76. The van der Waals surface area contributed by atoms with E-state index >= 15 is 0 Å². The minimum atomic E-state index is -0.174. The van der Waals surface area contributed by atoms with Gasteiger partial charge >= 0.3 is 0 Å². The van der Waals surface area contributed by atoms with Crippen molar-refractivity contribution in [1.82, 2.24) is 0 Å². The van der Waals surface area contributed by atoms with Gasteiger partial charge in [0.1, 0.15) is 0 Å². The van der Waals surface area contributed by atoms with Crippen molar-refractivity contribution in [3.8, 4) is 0 Å². The molecule has 0 aliphatic rings. The molecular formula is C31H73N5. The van der Waals surface area contributed by atoms with Gasteiger partial charge < -0.3 is 17.2 Å². The molecule has 0 aliphatic carbocycles. The molecule has 5 heteroatoms. The minimum absolute atomic E-state index is 0.102. The molecule has 0 spiro atoms. The van der Waals surface area contributed by atoms with Crippen LogP contribution in [0.3, 0.4) is 0 Å². The normalized spacial score (nSPS) is 14.0. The lowest BCUT2D eigenvalue weighted by Crippen LogP contribution is -2.46. The van der Waals surface area contributed by atoms with Gasteiger partial charge in [0.25, 0.3) is 0 Å². The van der Waals surface area contributed by atoms with Gasteiger partial charge in [0.15, 0.2) is 0 Å². The fourth-order valence-electron chi connectivity index (χ4n) is 7.86. The van der Waals surface area contributed by atoms with Crippen LogP contribution in [-0.4, -0.2) is 17.6 Å². The van der Waals surface area contributed by atoms with Crippen molar-refractivity contribution in [2.45, 2.75) is 166 Å². The summed E-state index contributed by atoms with van der Waals surface area (Å²) in [5.41, 5.74) is 19.9. The summed E-state index contributed by atoms with van der Waals surface area (Å²) >= 11 is 0. The fourth-order valence-corrected chi connectivity index (χ4v) is 7.86. The largest absolute Gasteiger partial charge is 0.330 e. The Labute approximate surface area is 228 Å². The minimum Gasteiger partial charge on any atom is -0.330 e. The van der Waals surface area contributed by atoms with Crippen molar-refractivity contribution in [3.63, 3.8) is 0 Å². The average molecular weight is 516 g/mol. The maximum absolute atomic E-state index is 6.54. The molecule has 0 aromatic heterocycles. The lowest BCUT2D eigenvalue weighted by Gasteiger charge is -2.52. The molecule has 0 atom stereocenters. The van der Waals surface area contributed by atoms with Gasteiger partial charge in [-0.15, -0.1) is 0 Å². The van der Waals surface area contributed by atoms with E-state index in [0.717, 1.165) is 19.3 Å². The van der Waals surface area contributed by atoms with E-state index in [1.165, 1.54) is 32.1 Å². The summed E-state index contributed by atoms with van der Waals surface area (Å²) in [5, 5.41) is 0. The average Bonchev–Trinajstić information content (AvgIpc) is 2.58. The Morgan fingerprint density at radius 2 is 0.750 bits per heavy atom. The Morgan fingerprint density at radius 3 is 1.00 bits per heavy atom. The summed E-state index contributed by atoms with van der Waals surface area (Å²) in [6, 6.07) is 0. The van der Waals surface area contributed by atoms with Crippen LogP contribution < -0.4 is 28.9 Å². The first-order valence-electron chi connectivity index (χ1n) is 14.5. The standard InChI is InChI=1S/C29H63N3.C2H6.H4N2/c1-14-15-23(2,3)18-29(21-26(8,9)22-30,19-24(4,5)16-27(10,11)31)20-25(6,7)17-28(12,13)32;2*1-2/h14-22,30-32H2,1-13H3;1-2H3;1-2H2. The molecule has 5 nitrogen and oxygen atoms in total. The van der Waals surface area contributed by atoms with Crippen molar-refractivity contribution in [3.05, 3.63) is 0 Å². The molecular weight excluding hydrogens is 442 g/mol. The molecule has 36 heavy (non-hydrogen) atoms. The van der Waals surface area contributed by atoms with Crippen molar-refractivity contribution in [2.24, 2.45) is 56.0 Å². The molecule has 0 aromatic rings. The molecule has 222 valence electrons. The molecule has 0 unspecified atom stereocenters. The van der Waals surface area contributed by atoms with E-state index < -0.39 is 0 Å². The molecule has 0 rings (SSSR count). The van der Waals surface area contributed by atoms with Crippen molar-refractivity contribution >= 4 is 0 Å². The number of rotatable bonds is 15. The second kappa shape index (κ2) is 15.4. The topological polar surface area (TPSA) is 130 Å². The molecule has 0 heterocycles. The first kappa shape index (κ1) is 40.3. The Kier molecular flexibility index (Phi) is 17.2.